The number of hydrogen-bond acceptors (Lipinski definition) is 3. The molecule has 4 nitrogen and oxygen atoms in total. The van der Waals surface area contributed by atoms with E-state index >= 15 is 0 Å². The van der Waals surface area contributed by atoms with Crippen molar-refractivity contribution in [3.05, 3.63) is 0 Å². The maximum Gasteiger partial charge on any atom is 0.306 e. The van der Waals surface area contributed by atoms with E-state index in [4.69, 9.17) is 9.84 Å². The van der Waals surface area contributed by atoms with Crippen LogP contribution in [0.2, 0.25) is 0 Å². The summed E-state index contributed by atoms with van der Waals surface area (Å²) in [6, 6.07) is 0. The summed E-state index contributed by atoms with van der Waals surface area (Å²) in [4.78, 5) is 23.1. The van der Waals surface area contributed by atoms with Crippen LogP contribution in [-0.2, 0) is 14.3 Å². The van der Waals surface area contributed by atoms with Gasteiger partial charge in [-0.05, 0) is 38.5 Å². The zero-order chi connectivity index (χ0) is 27.9. The molecule has 0 heterocycles. The SMILES string of the molecule is CCCCCCCCCCCCC(CCCCCCCCCCCC)OC(=O)CCCCCCCC(=O)O. The Morgan fingerprint density at radius 2 is 0.789 bits per heavy atom. The second-order valence-electron chi connectivity index (χ2n) is 11.7. The largest absolute Gasteiger partial charge is 0.481 e. The molecule has 0 radical (unpaired) electrons. The number of carboxylic acids is 1. The van der Waals surface area contributed by atoms with Crippen molar-refractivity contribution in [3.63, 3.8) is 0 Å². The molecule has 0 aromatic carbocycles. The highest BCUT2D eigenvalue weighted by Crippen LogP contribution is 2.19. The van der Waals surface area contributed by atoms with Gasteiger partial charge >= 0.3 is 11.9 Å². The number of carbonyl (C=O) groups excluding carboxylic acids is 1. The number of rotatable bonds is 31. The van der Waals surface area contributed by atoms with Crippen LogP contribution >= 0.6 is 0 Å². The van der Waals surface area contributed by atoms with Crippen LogP contribution in [0.5, 0.6) is 0 Å². The van der Waals surface area contributed by atoms with E-state index in [0.717, 1.165) is 44.9 Å². The second kappa shape index (κ2) is 30.5. The quantitative estimate of drug-likeness (QED) is 0.0704. The number of aliphatic carboxylic acids is 1. The van der Waals surface area contributed by atoms with Gasteiger partial charge in [-0.25, -0.2) is 0 Å². The fourth-order valence-electron chi connectivity index (χ4n) is 5.30. The molecule has 0 rings (SSSR count). The summed E-state index contributed by atoms with van der Waals surface area (Å²) in [7, 11) is 0. The van der Waals surface area contributed by atoms with Gasteiger partial charge in [-0.1, -0.05) is 149 Å². The first-order valence-electron chi connectivity index (χ1n) is 17.0. The average molecular weight is 539 g/mol. The Bertz CT molecular complexity index is 481. The fourth-order valence-corrected chi connectivity index (χ4v) is 5.30. The highest BCUT2D eigenvalue weighted by Gasteiger charge is 2.14. The molecule has 0 saturated heterocycles. The maximum atomic E-state index is 12.5. The van der Waals surface area contributed by atoms with Gasteiger partial charge in [-0.2, -0.15) is 0 Å². The lowest BCUT2D eigenvalue weighted by atomic mass is 10.0. The molecule has 0 fully saturated rings. The van der Waals surface area contributed by atoms with E-state index < -0.39 is 5.97 Å². The topological polar surface area (TPSA) is 63.6 Å². The van der Waals surface area contributed by atoms with E-state index in [0.29, 0.717) is 6.42 Å². The van der Waals surface area contributed by atoms with Crippen molar-refractivity contribution in [2.45, 2.75) is 206 Å². The summed E-state index contributed by atoms with van der Waals surface area (Å²) in [5, 5.41) is 8.71. The van der Waals surface area contributed by atoms with Crippen molar-refractivity contribution in [2.75, 3.05) is 0 Å². The molecule has 0 aliphatic heterocycles. The molecule has 0 saturated carbocycles. The summed E-state index contributed by atoms with van der Waals surface area (Å²) in [6.07, 6.45) is 34.1. The van der Waals surface area contributed by atoms with Gasteiger partial charge in [0.2, 0.25) is 0 Å². The molecule has 0 aromatic heterocycles. The molecule has 0 aromatic rings. The molecule has 0 spiro atoms. The predicted octanol–water partition coefficient (Wildman–Crippen LogP) is 11.3. The van der Waals surface area contributed by atoms with Gasteiger partial charge in [-0.15, -0.1) is 0 Å². The highest BCUT2D eigenvalue weighted by atomic mass is 16.5. The molecule has 1 N–H and O–H groups in total. The first kappa shape index (κ1) is 36.9. The predicted molar refractivity (Wildman–Crippen MR) is 163 cm³/mol. The Hall–Kier alpha value is -1.06. The van der Waals surface area contributed by atoms with Crippen LogP contribution in [0.4, 0.5) is 0 Å². The zero-order valence-corrected chi connectivity index (χ0v) is 25.8. The molecule has 0 aliphatic carbocycles. The third kappa shape index (κ3) is 29.5. The van der Waals surface area contributed by atoms with E-state index in [2.05, 4.69) is 13.8 Å². The van der Waals surface area contributed by atoms with E-state index in [1.165, 1.54) is 128 Å². The highest BCUT2D eigenvalue weighted by molar-refractivity contribution is 5.69. The van der Waals surface area contributed by atoms with Gasteiger partial charge in [0.1, 0.15) is 6.10 Å². The van der Waals surface area contributed by atoms with Gasteiger partial charge < -0.3 is 9.84 Å². The van der Waals surface area contributed by atoms with E-state index in [-0.39, 0.29) is 18.5 Å². The molecule has 0 atom stereocenters. The third-order valence-electron chi connectivity index (χ3n) is 7.83. The van der Waals surface area contributed by atoms with Gasteiger partial charge in [0.25, 0.3) is 0 Å². The van der Waals surface area contributed by atoms with Crippen LogP contribution in [0.1, 0.15) is 200 Å². The molecule has 0 amide bonds. The zero-order valence-electron chi connectivity index (χ0n) is 25.8. The maximum absolute atomic E-state index is 12.5. The Balaban J connectivity index is 4.07. The van der Waals surface area contributed by atoms with Gasteiger partial charge in [0, 0.05) is 12.8 Å². The van der Waals surface area contributed by atoms with Crippen LogP contribution < -0.4 is 0 Å². The van der Waals surface area contributed by atoms with Crippen LogP contribution in [0.3, 0.4) is 0 Å². The number of unbranched alkanes of at least 4 members (excludes halogenated alkanes) is 22. The Labute approximate surface area is 237 Å². The van der Waals surface area contributed by atoms with Crippen molar-refractivity contribution < 1.29 is 19.4 Å². The third-order valence-corrected chi connectivity index (χ3v) is 7.83. The lowest BCUT2D eigenvalue weighted by molar-refractivity contribution is -0.150. The summed E-state index contributed by atoms with van der Waals surface area (Å²) in [5.41, 5.74) is 0. The van der Waals surface area contributed by atoms with Crippen molar-refractivity contribution in [1.29, 1.82) is 0 Å². The summed E-state index contributed by atoms with van der Waals surface area (Å²) in [6.45, 7) is 4.54. The number of esters is 1. The van der Waals surface area contributed by atoms with Crippen LogP contribution in [-0.4, -0.2) is 23.1 Å². The lowest BCUT2D eigenvalue weighted by Crippen LogP contribution is -2.18. The Morgan fingerprint density at radius 3 is 1.16 bits per heavy atom. The first-order valence-corrected chi connectivity index (χ1v) is 17.0. The minimum absolute atomic E-state index is 0.0281. The van der Waals surface area contributed by atoms with Crippen molar-refractivity contribution >= 4 is 11.9 Å². The van der Waals surface area contributed by atoms with Crippen molar-refractivity contribution in [1.82, 2.24) is 0 Å². The number of carbonyl (C=O) groups is 2. The Morgan fingerprint density at radius 1 is 0.474 bits per heavy atom. The molecular weight excluding hydrogens is 472 g/mol. The van der Waals surface area contributed by atoms with Crippen LogP contribution in [0.15, 0.2) is 0 Å². The van der Waals surface area contributed by atoms with E-state index in [1.807, 2.05) is 0 Å². The minimum Gasteiger partial charge on any atom is -0.481 e. The molecule has 0 bridgehead atoms. The molecule has 4 heteroatoms. The van der Waals surface area contributed by atoms with Crippen molar-refractivity contribution in [2.24, 2.45) is 0 Å². The van der Waals surface area contributed by atoms with E-state index in [1.54, 1.807) is 0 Å². The molecule has 0 aliphatic rings. The lowest BCUT2D eigenvalue weighted by Gasteiger charge is -2.18. The molecule has 0 unspecified atom stereocenters. The summed E-state index contributed by atoms with van der Waals surface area (Å²) < 4.78 is 5.96. The normalized spacial score (nSPS) is 11.3. The summed E-state index contributed by atoms with van der Waals surface area (Å²) in [5.74, 6) is -0.746. The molecule has 226 valence electrons. The van der Waals surface area contributed by atoms with Gasteiger partial charge in [-0.3, -0.25) is 9.59 Å². The second-order valence-corrected chi connectivity index (χ2v) is 11.7. The molecular formula is C34H66O4. The summed E-state index contributed by atoms with van der Waals surface area (Å²) >= 11 is 0. The van der Waals surface area contributed by atoms with Crippen LogP contribution in [0.25, 0.3) is 0 Å². The fraction of sp³-hybridized carbons (Fsp3) is 0.941. The minimum atomic E-state index is -0.718. The number of hydrogen-bond donors (Lipinski definition) is 1. The monoisotopic (exact) mass is 538 g/mol. The van der Waals surface area contributed by atoms with Gasteiger partial charge in [0.05, 0.1) is 0 Å². The Kier molecular flexibility index (Phi) is 29.6. The number of carboxylic acid groups (broad SMARTS) is 1. The first-order chi connectivity index (χ1) is 18.6. The van der Waals surface area contributed by atoms with E-state index in [9.17, 15) is 9.59 Å². The standard InChI is InChI=1S/C34H66O4/c1-3-5-7-9-11-13-15-17-20-24-28-32(29-25-21-18-16-14-12-10-8-6-4-2)38-34(37)31-27-23-19-22-26-30-33(35)36/h32H,3-31H2,1-2H3,(H,35,36). The average Bonchev–Trinajstić information content (AvgIpc) is 2.89. The van der Waals surface area contributed by atoms with Crippen molar-refractivity contribution in [3.8, 4) is 0 Å². The van der Waals surface area contributed by atoms with Crippen LogP contribution in [0, 0.1) is 0 Å². The number of ether oxygens (including phenoxy) is 1. The smallest absolute Gasteiger partial charge is 0.306 e. The molecule has 38 heavy (non-hydrogen) atoms. The van der Waals surface area contributed by atoms with Gasteiger partial charge in [0.15, 0.2) is 0 Å².